The van der Waals surface area contributed by atoms with Crippen molar-refractivity contribution in [3.8, 4) is 0 Å². The third-order valence-electron chi connectivity index (χ3n) is 4.18. The van der Waals surface area contributed by atoms with Crippen molar-refractivity contribution < 1.29 is 13.9 Å². The van der Waals surface area contributed by atoms with Crippen molar-refractivity contribution >= 4 is 12.2 Å². The molecule has 1 saturated carbocycles. The van der Waals surface area contributed by atoms with E-state index in [2.05, 4.69) is 5.10 Å². The molecule has 0 amide bonds. The predicted molar refractivity (Wildman–Crippen MR) is 72.8 cm³/mol. The van der Waals surface area contributed by atoms with Crippen LogP contribution in [0.25, 0.3) is 0 Å². The molecule has 4 nitrogen and oxygen atoms in total. The zero-order chi connectivity index (χ0) is 14.1. The normalized spacial score (nSPS) is 28.3. The first-order valence-corrected chi connectivity index (χ1v) is 6.85. The molecule has 0 spiro atoms. The summed E-state index contributed by atoms with van der Waals surface area (Å²) in [7, 11) is 1.41. The van der Waals surface area contributed by atoms with Gasteiger partial charge in [-0.1, -0.05) is 12.1 Å². The molecule has 3 atom stereocenters. The van der Waals surface area contributed by atoms with Gasteiger partial charge in [-0.05, 0) is 42.9 Å². The number of fused-ring (bicyclic) bond motifs is 2. The molecule has 0 radical (unpaired) electrons. The van der Waals surface area contributed by atoms with Gasteiger partial charge in [-0.3, -0.25) is 5.01 Å². The van der Waals surface area contributed by atoms with Crippen LogP contribution in [0.4, 0.5) is 4.39 Å². The fourth-order valence-corrected chi connectivity index (χ4v) is 3.27. The van der Waals surface area contributed by atoms with E-state index in [9.17, 15) is 9.18 Å². The van der Waals surface area contributed by atoms with Gasteiger partial charge in [0.1, 0.15) is 11.9 Å². The molecular weight excluding hydrogens is 259 g/mol. The summed E-state index contributed by atoms with van der Waals surface area (Å²) in [5, 5.41) is 6.25. The van der Waals surface area contributed by atoms with Crippen molar-refractivity contribution in [2.45, 2.75) is 31.3 Å². The second kappa shape index (κ2) is 5.23. The third-order valence-corrected chi connectivity index (χ3v) is 4.18. The number of benzene rings is 1. The maximum Gasteiger partial charge on any atom is 0.330 e. The highest BCUT2D eigenvalue weighted by Gasteiger charge is 2.49. The van der Waals surface area contributed by atoms with Gasteiger partial charge in [0, 0.05) is 6.04 Å². The summed E-state index contributed by atoms with van der Waals surface area (Å²) in [5.41, 5.74) is 0.691. The summed E-state index contributed by atoms with van der Waals surface area (Å²) < 4.78 is 18.0. The molecule has 1 aliphatic heterocycles. The number of carbonyl (C=O) groups excluding carboxylic acids is 1. The molecule has 1 aromatic rings. The molecule has 106 valence electrons. The molecule has 0 aromatic heterocycles. The van der Waals surface area contributed by atoms with Gasteiger partial charge < -0.3 is 4.74 Å². The van der Waals surface area contributed by atoms with Crippen molar-refractivity contribution in [1.29, 1.82) is 0 Å². The third kappa shape index (κ3) is 2.28. The Morgan fingerprint density at radius 2 is 2.35 bits per heavy atom. The van der Waals surface area contributed by atoms with E-state index in [0.29, 0.717) is 17.5 Å². The number of rotatable bonds is 3. The van der Waals surface area contributed by atoms with Crippen molar-refractivity contribution in [2.75, 3.05) is 7.11 Å². The van der Waals surface area contributed by atoms with Gasteiger partial charge in [-0.15, -0.1) is 0 Å². The Labute approximate surface area is 117 Å². The largest absolute Gasteiger partial charge is 0.467 e. The highest BCUT2D eigenvalue weighted by molar-refractivity contribution is 5.80. The minimum absolute atomic E-state index is 0.228. The van der Waals surface area contributed by atoms with E-state index in [1.807, 2.05) is 5.01 Å². The summed E-state index contributed by atoms with van der Waals surface area (Å²) in [6.45, 7) is 0. The Bertz CT molecular complexity index is 546. The second-order valence-corrected chi connectivity index (χ2v) is 5.37. The van der Waals surface area contributed by atoms with Gasteiger partial charge in [0.25, 0.3) is 0 Å². The molecule has 3 rings (SSSR count). The molecule has 1 saturated heterocycles. The minimum Gasteiger partial charge on any atom is -0.467 e. The van der Waals surface area contributed by atoms with Crippen LogP contribution in [0.5, 0.6) is 0 Å². The number of esters is 1. The zero-order valence-electron chi connectivity index (χ0n) is 11.3. The Kier molecular flexibility index (Phi) is 3.42. The minimum atomic E-state index is -0.290. The number of nitrogens with zero attached hydrogens (tertiary/aromatic N) is 2. The number of hydrogen-bond donors (Lipinski definition) is 0. The van der Waals surface area contributed by atoms with E-state index < -0.39 is 0 Å². The van der Waals surface area contributed by atoms with E-state index >= 15 is 0 Å². The quantitative estimate of drug-likeness (QED) is 0.627. The lowest BCUT2D eigenvalue weighted by molar-refractivity contribution is -0.148. The van der Waals surface area contributed by atoms with E-state index in [1.54, 1.807) is 18.3 Å². The van der Waals surface area contributed by atoms with Crippen LogP contribution in [0.15, 0.2) is 29.4 Å². The van der Waals surface area contributed by atoms with Crippen LogP contribution >= 0.6 is 0 Å². The first-order valence-electron chi connectivity index (χ1n) is 6.85. The fraction of sp³-hybridized carbons (Fsp3) is 0.467. The van der Waals surface area contributed by atoms with Crippen molar-refractivity contribution in [2.24, 2.45) is 11.0 Å². The summed E-state index contributed by atoms with van der Waals surface area (Å²) in [4.78, 5) is 11.9. The van der Waals surface area contributed by atoms with Gasteiger partial charge >= 0.3 is 5.97 Å². The molecule has 1 aromatic carbocycles. The molecule has 20 heavy (non-hydrogen) atoms. The summed E-state index contributed by atoms with van der Waals surface area (Å²) in [6.07, 6.45) is 4.70. The Balaban J connectivity index is 1.80. The molecular formula is C15H17FN2O2. The van der Waals surface area contributed by atoms with Crippen molar-refractivity contribution in [3.63, 3.8) is 0 Å². The Morgan fingerprint density at radius 3 is 3.10 bits per heavy atom. The number of piperidine rings is 1. The van der Waals surface area contributed by atoms with E-state index in [0.717, 1.165) is 19.3 Å². The maximum atomic E-state index is 13.1. The van der Waals surface area contributed by atoms with Gasteiger partial charge in [-0.25, -0.2) is 9.18 Å². The lowest BCUT2D eigenvalue weighted by Gasteiger charge is -2.30. The van der Waals surface area contributed by atoms with Crippen molar-refractivity contribution in [1.82, 2.24) is 5.01 Å². The van der Waals surface area contributed by atoms with Crippen LogP contribution in [-0.4, -0.2) is 36.4 Å². The molecule has 5 heteroatoms. The standard InChI is InChI=1S/C15H17FN2O2/c1-20-15(19)14-11-5-6-13(8-11)18(14)17-9-10-3-2-4-12(16)7-10/h2-4,7,9,11,13-14H,5-6,8H2,1H3/t11-,13+,14-/m0/s1. The van der Waals surface area contributed by atoms with Crippen LogP contribution < -0.4 is 0 Å². The van der Waals surface area contributed by atoms with Gasteiger partial charge in [0.2, 0.25) is 0 Å². The molecule has 0 unspecified atom stereocenters. The number of hydrazone groups is 1. The summed E-state index contributed by atoms with van der Waals surface area (Å²) >= 11 is 0. The Hall–Kier alpha value is -1.91. The van der Waals surface area contributed by atoms with Crippen LogP contribution in [0.2, 0.25) is 0 Å². The smallest absolute Gasteiger partial charge is 0.330 e. The van der Waals surface area contributed by atoms with Crippen LogP contribution in [0, 0.1) is 11.7 Å². The SMILES string of the molecule is COC(=O)[C@@H]1[C@H]2CC[C@H](C2)N1N=Cc1cccc(F)c1. The van der Waals surface area contributed by atoms with Crippen LogP contribution in [0.1, 0.15) is 24.8 Å². The van der Waals surface area contributed by atoms with E-state index in [4.69, 9.17) is 4.74 Å². The van der Waals surface area contributed by atoms with Crippen LogP contribution in [0.3, 0.4) is 0 Å². The molecule has 2 aliphatic rings. The van der Waals surface area contributed by atoms with Crippen molar-refractivity contribution in [3.05, 3.63) is 35.6 Å². The maximum absolute atomic E-state index is 13.1. The first kappa shape index (κ1) is 13.1. The topological polar surface area (TPSA) is 41.9 Å². The van der Waals surface area contributed by atoms with Gasteiger partial charge in [0.15, 0.2) is 0 Å². The summed E-state index contributed by atoms with van der Waals surface area (Å²) in [5.74, 6) is -0.188. The average Bonchev–Trinajstić information content (AvgIpc) is 3.05. The molecule has 0 N–H and O–H groups in total. The lowest BCUT2D eigenvalue weighted by Crippen LogP contribution is -2.43. The number of ether oxygens (including phenoxy) is 1. The summed E-state index contributed by atoms with van der Waals surface area (Å²) in [6, 6.07) is 6.26. The molecule has 1 heterocycles. The molecule has 2 bridgehead atoms. The molecule has 2 fully saturated rings. The highest BCUT2D eigenvalue weighted by atomic mass is 19.1. The average molecular weight is 276 g/mol. The fourth-order valence-electron chi connectivity index (χ4n) is 3.27. The Morgan fingerprint density at radius 1 is 1.50 bits per heavy atom. The number of hydrogen-bond acceptors (Lipinski definition) is 4. The van der Waals surface area contributed by atoms with Gasteiger partial charge in [-0.2, -0.15) is 5.10 Å². The lowest BCUT2D eigenvalue weighted by atomic mass is 10.00. The second-order valence-electron chi connectivity index (χ2n) is 5.37. The van der Waals surface area contributed by atoms with E-state index in [-0.39, 0.29) is 17.8 Å². The van der Waals surface area contributed by atoms with E-state index in [1.165, 1.54) is 19.2 Å². The number of halogens is 1. The number of carbonyl (C=O) groups is 1. The highest BCUT2D eigenvalue weighted by Crippen LogP contribution is 2.42. The first-order chi connectivity index (χ1) is 9.69. The number of methoxy groups -OCH3 is 1. The monoisotopic (exact) mass is 276 g/mol. The predicted octanol–water partition coefficient (Wildman–Crippen LogP) is 2.19. The zero-order valence-corrected chi connectivity index (χ0v) is 11.3. The molecule has 1 aliphatic carbocycles. The van der Waals surface area contributed by atoms with Gasteiger partial charge in [0.05, 0.1) is 13.3 Å². The van der Waals surface area contributed by atoms with Crippen LogP contribution in [-0.2, 0) is 9.53 Å².